The number of hydrogen-bond donors (Lipinski definition) is 1. The van der Waals surface area contributed by atoms with E-state index in [1.807, 2.05) is 61.3 Å². The van der Waals surface area contributed by atoms with Crippen LogP contribution >= 0.6 is 11.3 Å². The van der Waals surface area contributed by atoms with Crippen molar-refractivity contribution in [2.45, 2.75) is 19.9 Å². The molecule has 6 nitrogen and oxygen atoms in total. The molecule has 3 aromatic rings. The lowest BCUT2D eigenvalue weighted by atomic mass is 10.3. The van der Waals surface area contributed by atoms with Crippen LogP contribution in [0.2, 0.25) is 0 Å². The Morgan fingerprint density at radius 1 is 1.14 bits per heavy atom. The highest BCUT2D eigenvalue weighted by Crippen LogP contribution is 2.28. The molecule has 1 unspecified atom stereocenters. The fourth-order valence-corrected chi connectivity index (χ4v) is 3.92. The molecule has 0 aliphatic heterocycles. The molecule has 0 saturated carbocycles. The van der Waals surface area contributed by atoms with Crippen LogP contribution in [0, 0.1) is 0 Å². The summed E-state index contributed by atoms with van der Waals surface area (Å²) in [5.41, 5.74) is 1.00. The highest BCUT2D eigenvalue weighted by Gasteiger charge is 2.18. The van der Waals surface area contributed by atoms with Gasteiger partial charge in [0.25, 0.3) is 0 Å². The molecule has 0 spiro atoms. The zero-order valence-corrected chi connectivity index (χ0v) is 17.9. The lowest BCUT2D eigenvalue weighted by molar-refractivity contribution is -0.122. The largest absolute Gasteiger partial charge is 0.494 e. The fourth-order valence-electron chi connectivity index (χ4n) is 2.83. The van der Waals surface area contributed by atoms with Gasteiger partial charge < -0.3 is 14.8 Å². The van der Waals surface area contributed by atoms with Crippen LogP contribution in [-0.2, 0) is 4.79 Å². The van der Waals surface area contributed by atoms with Gasteiger partial charge in [0.05, 0.1) is 36.0 Å². The predicted octanol–water partition coefficient (Wildman–Crippen LogP) is 3.88. The van der Waals surface area contributed by atoms with Gasteiger partial charge in [0.2, 0.25) is 5.91 Å². The standard InChI is InChI=1S/C22H27N3O3S/c1-4-27-17-9-11-18(12-10-17)28-14-13-23-21(26)15-25(3)16(2)22-24-19-7-5-6-8-20(19)29-22/h5-12,16H,4,13-15H2,1-3H3,(H,23,26). The first kappa shape index (κ1) is 21.1. The minimum absolute atomic E-state index is 0.0317. The van der Waals surface area contributed by atoms with Crippen LogP contribution in [0.25, 0.3) is 10.2 Å². The molecule has 3 rings (SSSR count). The molecule has 0 aliphatic carbocycles. The molecule has 0 aliphatic rings. The number of carbonyl (C=O) groups is 1. The SMILES string of the molecule is CCOc1ccc(OCCNC(=O)CN(C)C(C)c2nc3ccccc3s2)cc1. The van der Waals surface area contributed by atoms with Crippen molar-refractivity contribution in [1.29, 1.82) is 0 Å². The van der Waals surface area contributed by atoms with E-state index >= 15 is 0 Å². The molecule has 154 valence electrons. The second-order valence-corrected chi connectivity index (χ2v) is 7.78. The third-order valence-electron chi connectivity index (χ3n) is 4.55. The predicted molar refractivity (Wildman–Crippen MR) is 117 cm³/mol. The first-order valence-electron chi connectivity index (χ1n) is 9.75. The van der Waals surface area contributed by atoms with Gasteiger partial charge >= 0.3 is 0 Å². The molecule has 0 radical (unpaired) electrons. The maximum Gasteiger partial charge on any atom is 0.234 e. The normalized spacial score (nSPS) is 12.1. The summed E-state index contributed by atoms with van der Waals surface area (Å²) in [5.74, 6) is 1.54. The monoisotopic (exact) mass is 413 g/mol. The van der Waals surface area contributed by atoms with Crippen molar-refractivity contribution >= 4 is 27.5 Å². The first-order valence-corrected chi connectivity index (χ1v) is 10.6. The zero-order valence-electron chi connectivity index (χ0n) is 17.1. The van der Waals surface area contributed by atoms with Gasteiger partial charge in [-0.15, -0.1) is 11.3 Å². The van der Waals surface area contributed by atoms with E-state index in [4.69, 9.17) is 9.47 Å². The van der Waals surface area contributed by atoms with Gasteiger partial charge in [-0.25, -0.2) is 4.98 Å². The van der Waals surface area contributed by atoms with Gasteiger partial charge in [-0.1, -0.05) is 12.1 Å². The number of hydrogen-bond acceptors (Lipinski definition) is 6. The minimum Gasteiger partial charge on any atom is -0.494 e. The first-order chi connectivity index (χ1) is 14.1. The Bertz CT molecular complexity index is 893. The van der Waals surface area contributed by atoms with Gasteiger partial charge in [0.1, 0.15) is 23.1 Å². The zero-order chi connectivity index (χ0) is 20.6. The number of benzene rings is 2. The third-order valence-corrected chi connectivity index (χ3v) is 5.76. The summed E-state index contributed by atoms with van der Waals surface area (Å²) < 4.78 is 12.2. The minimum atomic E-state index is -0.0317. The number of thiazole rings is 1. The van der Waals surface area contributed by atoms with Crippen molar-refractivity contribution < 1.29 is 14.3 Å². The summed E-state index contributed by atoms with van der Waals surface area (Å²) in [7, 11) is 1.94. The number of amides is 1. The van der Waals surface area contributed by atoms with E-state index in [-0.39, 0.29) is 11.9 Å². The fraction of sp³-hybridized carbons (Fsp3) is 0.364. The second-order valence-electron chi connectivity index (χ2n) is 6.71. The Labute approximate surface area is 175 Å². The molecule has 7 heteroatoms. The molecule has 1 heterocycles. The number of nitrogens with one attached hydrogen (secondary N) is 1. The summed E-state index contributed by atoms with van der Waals surface area (Å²) in [6, 6.07) is 15.6. The number of ether oxygens (including phenoxy) is 2. The molecular formula is C22H27N3O3S. The van der Waals surface area contributed by atoms with Crippen LogP contribution in [0.1, 0.15) is 24.9 Å². The van der Waals surface area contributed by atoms with Crippen molar-refractivity contribution in [3.63, 3.8) is 0 Å². The van der Waals surface area contributed by atoms with Crippen LogP contribution in [0.15, 0.2) is 48.5 Å². The topological polar surface area (TPSA) is 63.7 Å². The Hall–Kier alpha value is -2.64. The summed E-state index contributed by atoms with van der Waals surface area (Å²) in [6.45, 7) is 5.83. The number of carbonyl (C=O) groups excluding carboxylic acids is 1. The second kappa shape index (κ2) is 10.2. The smallest absolute Gasteiger partial charge is 0.234 e. The number of fused-ring (bicyclic) bond motifs is 1. The lowest BCUT2D eigenvalue weighted by Gasteiger charge is -2.22. The summed E-state index contributed by atoms with van der Waals surface area (Å²) in [4.78, 5) is 18.9. The van der Waals surface area contributed by atoms with E-state index in [0.29, 0.717) is 26.3 Å². The van der Waals surface area contributed by atoms with Gasteiger partial charge in [0, 0.05) is 0 Å². The number of nitrogens with zero attached hydrogens (tertiary/aromatic N) is 2. The van der Waals surface area contributed by atoms with Crippen LogP contribution in [0.5, 0.6) is 11.5 Å². The van der Waals surface area contributed by atoms with E-state index in [0.717, 1.165) is 22.0 Å². The van der Waals surface area contributed by atoms with E-state index in [1.165, 1.54) is 4.70 Å². The van der Waals surface area contributed by atoms with E-state index in [1.54, 1.807) is 11.3 Å². The van der Waals surface area contributed by atoms with Gasteiger partial charge in [-0.3, -0.25) is 9.69 Å². The Morgan fingerprint density at radius 2 is 1.83 bits per heavy atom. The van der Waals surface area contributed by atoms with Crippen LogP contribution in [0.4, 0.5) is 0 Å². The quantitative estimate of drug-likeness (QED) is 0.511. The highest BCUT2D eigenvalue weighted by molar-refractivity contribution is 7.18. The van der Waals surface area contributed by atoms with Gasteiger partial charge in [0.15, 0.2) is 0 Å². The van der Waals surface area contributed by atoms with Crippen molar-refractivity contribution in [3.05, 3.63) is 53.5 Å². The number of likely N-dealkylation sites (N-methyl/N-ethyl adjacent to an activating group) is 1. The highest BCUT2D eigenvalue weighted by atomic mass is 32.1. The van der Waals surface area contributed by atoms with E-state index < -0.39 is 0 Å². The molecule has 1 aromatic heterocycles. The molecule has 0 saturated heterocycles. The Balaban J connectivity index is 1.40. The maximum absolute atomic E-state index is 12.2. The van der Waals surface area contributed by atoms with E-state index in [9.17, 15) is 4.79 Å². The van der Waals surface area contributed by atoms with Gasteiger partial charge in [-0.05, 0) is 57.3 Å². The molecule has 0 bridgehead atoms. The van der Waals surface area contributed by atoms with Crippen molar-refractivity contribution in [2.24, 2.45) is 0 Å². The molecule has 1 amide bonds. The molecule has 29 heavy (non-hydrogen) atoms. The number of aromatic nitrogens is 1. The Morgan fingerprint density at radius 3 is 2.52 bits per heavy atom. The molecular weight excluding hydrogens is 386 g/mol. The average molecular weight is 414 g/mol. The van der Waals surface area contributed by atoms with Crippen molar-refractivity contribution in [2.75, 3.05) is 33.4 Å². The van der Waals surface area contributed by atoms with Crippen LogP contribution < -0.4 is 14.8 Å². The number of para-hydroxylation sites is 1. The third kappa shape index (κ3) is 5.92. The van der Waals surface area contributed by atoms with Gasteiger partial charge in [-0.2, -0.15) is 0 Å². The molecule has 1 N–H and O–H groups in total. The lowest BCUT2D eigenvalue weighted by Crippen LogP contribution is -2.38. The van der Waals surface area contributed by atoms with Crippen LogP contribution in [-0.4, -0.2) is 49.1 Å². The summed E-state index contributed by atoms with van der Waals surface area (Å²) in [6.07, 6.45) is 0. The van der Waals surface area contributed by atoms with E-state index in [2.05, 4.69) is 23.3 Å². The molecule has 0 fully saturated rings. The Kier molecular flexibility index (Phi) is 7.43. The van der Waals surface area contributed by atoms with Crippen molar-refractivity contribution in [3.8, 4) is 11.5 Å². The summed E-state index contributed by atoms with van der Waals surface area (Å²) >= 11 is 1.67. The molecule has 1 atom stereocenters. The molecule has 2 aromatic carbocycles. The number of rotatable bonds is 10. The van der Waals surface area contributed by atoms with Crippen molar-refractivity contribution in [1.82, 2.24) is 15.2 Å². The summed E-state index contributed by atoms with van der Waals surface area (Å²) in [5, 5.41) is 3.92. The van der Waals surface area contributed by atoms with Crippen LogP contribution in [0.3, 0.4) is 0 Å². The maximum atomic E-state index is 12.2. The average Bonchev–Trinajstić information content (AvgIpc) is 3.16.